The van der Waals surface area contributed by atoms with Gasteiger partial charge in [-0.25, -0.2) is 0 Å². The third-order valence-corrected chi connectivity index (χ3v) is 6.69. The van der Waals surface area contributed by atoms with Gasteiger partial charge in [0.1, 0.15) is 5.75 Å². The Kier molecular flexibility index (Phi) is 7.08. The van der Waals surface area contributed by atoms with Gasteiger partial charge in [-0.05, 0) is 66.8 Å². The van der Waals surface area contributed by atoms with E-state index in [1.165, 1.54) is 6.26 Å². The van der Waals surface area contributed by atoms with Crippen LogP contribution in [0.2, 0.25) is 0 Å². The normalized spacial score (nSPS) is 15.5. The number of benzene rings is 3. The molecule has 6 heteroatoms. The Morgan fingerprint density at radius 2 is 1.86 bits per heavy atom. The smallest absolute Gasteiger partial charge is 0.290 e. The largest absolute Gasteiger partial charge is 0.481 e. The summed E-state index contributed by atoms with van der Waals surface area (Å²) in [4.78, 5) is 28.0. The summed E-state index contributed by atoms with van der Waals surface area (Å²) in [5.74, 6) is 0.567. The summed E-state index contributed by atoms with van der Waals surface area (Å²) in [7, 11) is 0. The van der Waals surface area contributed by atoms with Gasteiger partial charge in [0.15, 0.2) is 11.9 Å². The average Bonchev–Trinajstić information content (AvgIpc) is 3.46. The van der Waals surface area contributed by atoms with Crippen molar-refractivity contribution >= 4 is 11.8 Å². The van der Waals surface area contributed by atoms with E-state index in [0.717, 1.165) is 34.2 Å². The highest BCUT2D eigenvalue weighted by molar-refractivity contribution is 5.92. The first-order chi connectivity index (χ1) is 18.0. The van der Waals surface area contributed by atoms with E-state index in [0.29, 0.717) is 24.6 Å². The lowest BCUT2D eigenvalue weighted by atomic mass is 9.87. The minimum atomic E-state index is -0.677. The molecule has 0 spiro atoms. The zero-order chi connectivity index (χ0) is 25.8. The molecule has 0 radical (unpaired) electrons. The molecule has 0 saturated carbocycles. The molecule has 0 aliphatic carbocycles. The van der Waals surface area contributed by atoms with Crippen LogP contribution < -0.4 is 10.1 Å². The van der Waals surface area contributed by atoms with E-state index in [2.05, 4.69) is 11.4 Å². The van der Waals surface area contributed by atoms with E-state index in [1.54, 1.807) is 19.1 Å². The predicted molar refractivity (Wildman–Crippen MR) is 141 cm³/mol. The Balaban J connectivity index is 1.40. The van der Waals surface area contributed by atoms with E-state index in [-0.39, 0.29) is 17.9 Å². The van der Waals surface area contributed by atoms with Crippen LogP contribution in [0.25, 0.3) is 0 Å². The summed E-state index contributed by atoms with van der Waals surface area (Å²) in [6, 6.07) is 27.0. The fourth-order valence-electron chi connectivity index (χ4n) is 4.81. The number of carbonyl (C=O) groups is 2. The van der Waals surface area contributed by atoms with Crippen molar-refractivity contribution in [3.05, 3.63) is 125 Å². The number of fused-ring (bicyclic) bond motifs is 1. The summed E-state index contributed by atoms with van der Waals surface area (Å²) in [5, 5.41) is 2.93. The fraction of sp³-hybridized carbons (Fsp3) is 0.226. The molecule has 2 heterocycles. The van der Waals surface area contributed by atoms with Gasteiger partial charge < -0.3 is 19.4 Å². The number of furan rings is 1. The minimum absolute atomic E-state index is 0.151. The first-order valence-corrected chi connectivity index (χ1v) is 12.5. The fourth-order valence-corrected chi connectivity index (χ4v) is 4.81. The molecule has 4 aromatic rings. The molecule has 5 rings (SSSR count). The Labute approximate surface area is 216 Å². The second kappa shape index (κ2) is 10.7. The number of nitrogens with zero attached hydrogens (tertiary/aromatic N) is 1. The van der Waals surface area contributed by atoms with Crippen molar-refractivity contribution in [2.24, 2.45) is 0 Å². The minimum Gasteiger partial charge on any atom is -0.481 e. The monoisotopic (exact) mass is 494 g/mol. The molecule has 0 unspecified atom stereocenters. The van der Waals surface area contributed by atoms with E-state index in [1.807, 2.05) is 78.6 Å². The maximum absolute atomic E-state index is 13.4. The molecular weight excluding hydrogens is 464 g/mol. The third-order valence-electron chi connectivity index (χ3n) is 6.69. The van der Waals surface area contributed by atoms with Crippen LogP contribution in [-0.4, -0.2) is 29.4 Å². The van der Waals surface area contributed by atoms with Gasteiger partial charge in [-0.2, -0.15) is 0 Å². The molecule has 0 fully saturated rings. The van der Waals surface area contributed by atoms with E-state index in [4.69, 9.17) is 9.15 Å². The number of carbonyl (C=O) groups excluding carboxylic acids is 2. The van der Waals surface area contributed by atoms with E-state index < -0.39 is 6.10 Å². The van der Waals surface area contributed by atoms with Crippen molar-refractivity contribution in [2.45, 2.75) is 39.0 Å². The molecule has 6 nitrogen and oxygen atoms in total. The van der Waals surface area contributed by atoms with Gasteiger partial charge in [-0.15, -0.1) is 0 Å². The Hall–Kier alpha value is -4.32. The Bertz CT molecular complexity index is 1380. The van der Waals surface area contributed by atoms with Crippen LogP contribution >= 0.6 is 0 Å². The number of hydrogen-bond acceptors (Lipinski definition) is 4. The summed E-state index contributed by atoms with van der Waals surface area (Å²) < 4.78 is 11.5. The summed E-state index contributed by atoms with van der Waals surface area (Å²) >= 11 is 0. The van der Waals surface area contributed by atoms with Crippen molar-refractivity contribution < 1.29 is 18.7 Å². The lowest BCUT2D eigenvalue weighted by Crippen LogP contribution is -2.40. The van der Waals surface area contributed by atoms with Crippen LogP contribution in [0.3, 0.4) is 0 Å². The van der Waals surface area contributed by atoms with Crippen molar-refractivity contribution in [3.8, 4) is 5.75 Å². The lowest BCUT2D eigenvalue weighted by Gasteiger charge is -2.37. The van der Waals surface area contributed by atoms with Crippen molar-refractivity contribution in [2.75, 3.05) is 6.54 Å². The highest BCUT2D eigenvalue weighted by atomic mass is 16.5. The highest BCUT2D eigenvalue weighted by Crippen LogP contribution is 2.38. The Morgan fingerprint density at radius 3 is 2.62 bits per heavy atom. The quantitative estimate of drug-likeness (QED) is 0.370. The van der Waals surface area contributed by atoms with Crippen molar-refractivity contribution in [1.29, 1.82) is 0 Å². The number of rotatable bonds is 7. The molecule has 188 valence electrons. The number of hydrogen-bond donors (Lipinski definition) is 1. The van der Waals surface area contributed by atoms with Crippen molar-refractivity contribution in [3.63, 3.8) is 0 Å². The second-order valence-electron chi connectivity index (χ2n) is 9.37. The van der Waals surface area contributed by atoms with Gasteiger partial charge in [0.05, 0.1) is 12.3 Å². The third kappa shape index (κ3) is 5.43. The molecule has 1 N–H and O–H groups in total. The van der Waals surface area contributed by atoms with Crippen LogP contribution in [0.5, 0.6) is 5.75 Å². The maximum atomic E-state index is 13.4. The van der Waals surface area contributed by atoms with Gasteiger partial charge in [0.2, 0.25) is 0 Å². The van der Waals surface area contributed by atoms with Gasteiger partial charge in [0, 0.05) is 13.1 Å². The number of ether oxygens (including phenoxy) is 1. The van der Waals surface area contributed by atoms with E-state index >= 15 is 0 Å². The van der Waals surface area contributed by atoms with Gasteiger partial charge in [-0.3, -0.25) is 9.59 Å². The molecule has 3 aromatic carbocycles. The molecule has 1 aliphatic heterocycles. The summed E-state index contributed by atoms with van der Waals surface area (Å²) in [5.41, 5.74) is 5.31. The molecular formula is C31H30N2O4. The van der Waals surface area contributed by atoms with Gasteiger partial charge in [-0.1, -0.05) is 66.2 Å². The Morgan fingerprint density at radius 1 is 1.03 bits per heavy atom. The molecule has 37 heavy (non-hydrogen) atoms. The highest BCUT2D eigenvalue weighted by Gasteiger charge is 2.34. The van der Waals surface area contributed by atoms with Gasteiger partial charge >= 0.3 is 0 Å². The van der Waals surface area contributed by atoms with Crippen LogP contribution in [0.1, 0.15) is 51.3 Å². The number of nitrogens with one attached hydrogen (secondary N) is 1. The van der Waals surface area contributed by atoms with Crippen LogP contribution in [0.15, 0.2) is 95.6 Å². The molecule has 2 atom stereocenters. The second-order valence-corrected chi connectivity index (χ2v) is 9.37. The topological polar surface area (TPSA) is 71.8 Å². The van der Waals surface area contributed by atoms with Crippen LogP contribution in [0, 0.1) is 6.92 Å². The van der Waals surface area contributed by atoms with E-state index in [9.17, 15) is 9.59 Å². The SMILES string of the molecule is Cc1cccc([C@H]2c3cc(O[C@H](C)C(=O)NCc4ccccc4)ccc3CCN2C(=O)c2ccco2)c1. The zero-order valence-corrected chi connectivity index (χ0v) is 21.0. The first-order valence-electron chi connectivity index (χ1n) is 12.5. The van der Waals surface area contributed by atoms with Crippen molar-refractivity contribution in [1.82, 2.24) is 10.2 Å². The molecule has 1 aromatic heterocycles. The molecule has 0 bridgehead atoms. The van der Waals surface area contributed by atoms with Crippen LogP contribution in [-0.2, 0) is 17.8 Å². The predicted octanol–water partition coefficient (Wildman–Crippen LogP) is 5.46. The molecule has 0 saturated heterocycles. The number of amides is 2. The summed E-state index contributed by atoms with van der Waals surface area (Å²) in [6.07, 6.45) is 1.56. The van der Waals surface area contributed by atoms with Gasteiger partial charge in [0.25, 0.3) is 11.8 Å². The standard InChI is InChI=1S/C31H30N2O4/c1-21-8-6-11-25(18-21)29-27-19-26(37-22(2)30(34)32-20-23-9-4-3-5-10-23)14-13-24(27)15-16-33(29)31(35)28-12-7-17-36-28/h3-14,17-19,22,29H,15-16,20H2,1-2H3,(H,32,34)/t22-,29+/m1/s1. The molecule has 2 amide bonds. The average molecular weight is 495 g/mol. The lowest BCUT2D eigenvalue weighted by molar-refractivity contribution is -0.127. The first kappa shape index (κ1) is 24.4. The maximum Gasteiger partial charge on any atom is 0.290 e. The zero-order valence-electron chi connectivity index (χ0n) is 21.0. The molecule has 1 aliphatic rings. The van der Waals surface area contributed by atoms with Crippen LogP contribution in [0.4, 0.5) is 0 Å². The number of aryl methyl sites for hydroxylation is 1. The summed E-state index contributed by atoms with van der Waals surface area (Å²) in [6.45, 7) is 4.80.